The van der Waals surface area contributed by atoms with E-state index in [1.165, 1.54) is 9.46 Å². The molecule has 6 heteroatoms. The molecule has 5 nitrogen and oxygen atoms in total. The number of thioether (sulfide) groups is 1. The molecule has 0 aliphatic rings. The minimum Gasteiger partial charge on any atom is -0.307 e. The van der Waals surface area contributed by atoms with E-state index in [0.717, 1.165) is 18.6 Å². The van der Waals surface area contributed by atoms with Crippen molar-refractivity contribution in [3.8, 4) is 0 Å². The number of nitrogens with one attached hydrogen (secondary N) is 1. The van der Waals surface area contributed by atoms with Crippen LogP contribution >= 0.6 is 11.8 Å². The lowest BCUT2D eigenvalue weighted by atomic mass is 10.2. The molecule has 2 aromatic heterocycles. The van der Waals surface area contributed by atoms with Gasteiger partial charge in [-0.3, -0.25) is 14.3 Å². The van der Waals surface area contributed by atoms with E-state index in [1.807, 2.05) is 12.1 Å². The summed E-state index contributed by atoms with van der Waals surface area (Å²) < 4.78 is 1.29. The Morgan fingerprint density at radius 3 is 2.65 bits per heavy atom. The highest BCUT2D eigenvalue weighted by molar-refractivity contribution is 7.99. The number of pyridine rings is 1. The summed E-state index contributed by atoms with van der Waals surface area (Å²) in [6.45, 7) is 0.440. The fourth-order valence-electron chi connectivity index (χ4n) is 2.40. The number of para-hydroxylation sites is 1. The van der Waals surface area contributed by atoms with Gasteiger partial charge in [0.2, 0.25) is 0 Å². The summed E-state index contributed by atoms with van der Waals surface area (Å²) in [7, 11) is 0. The van der Waals surface area contributed by atoms with Crippen LogP contribution in [0.25, 0.3) is 10.9 Å². The lowest BCUT2D eigenvalue weighted by Crippen LogP contribution is -2.35. The summed E-state index contributed by atoms with van der Waals surface area (Å²) in [4.78, 5) is 32.3. The van der Waals surface area contributed by atoms with Crippen molar-refractivity contribution in [3.05, 3.63) is 69.6 Å². The molecule has 1 aromatic carbocycles. The predicted molar refractivity (Wildman–Crippen MR) is 93.0 cm³/mol. The van der Waals surface area contributed by atoms with Crippen molar-refractivity contribution in [1.82, 2.24) is 14.5 Å². The first-order valence-corrected chi connectivity index (χ1v) is 8.49. The van der Waals surface area contributed by atoms with E-state index in [1.54, 1.807) is 48.4 Å². The molecule has 0 aliphatic carbocycles. The standard InChI is InChI=1S/C17H17N3O2S/c21-16-14-5-1-2-6-15(14)19-17(22)20(16)11-3-4-12-23-13-7-9-18-10-8-13/h1-2,5-10H,3-4,11-12H2,(H,19,22). The average Bonchev–Trinajstić information content (AvgIpc) is 2.58. The van der Waals surface area contributed by atoms with Crippen molar-refractivity contribution in [2.24, 2.45) is 0 Å². The molecule has 0 saturated heterocycles. The van der Waals surface area contributed by atoms with Crippen LogP contribution in [-0.2, 0) is 6.54 Å². The quantitative estimate of drug-likeness (QED) is 0.558. The van der Waals surface area contributed by atoms with Crippen LogP contribution in [0, 0.1) is 0 Å². The largest absolute Gasteiger partial charge is 0.328 e. The average molecular weight is 327 g/mol. The summed E-state index contributed by atoms with van der Waals surface area (Å²) in [6, 6.07) is 11.0. The number of fused-ring (bicyclic) bond motifs is 1. The normalized spacial score (nSPS) is 11.0. The van der Waals surface area contributed by atoms with E-state index in [0.29, 0.717) is 17.4 Å². The topological polar surface area (TPSA) is 67.8 Å². The van der Waals surface area contributed by atoms with Gasteiger partial charge in [0, 0.05) is 23.8 Å². The molecule has 0 saturated carbocycles. The first-order chi connectivity index (χ1) is 11.3. The fourth-order valence-corrected chi connectivity index (χ4v) is 3.30. The Labute approximate surface area is 137 Å². The molecule has 0 unspecified atom stereocenters. The molecule has 0 amide bonds. The Kier molecular flexibility index (Phi) is 4.92. The third-order valence-electron chi connectivity index (χ3n) is 3.58. The van der Waals surface area contributed by atoms with Crippen LogP contribution in [0.3, 0.4) is 0 Å². The van der Waals surface area contributed by atoms with Crippen molar-refractivity contribution in [2.45, 2.75) is 24.3 Å². The second-order valence-electron chi connectivity index (χ2n) is 5.17. The number of unbranched alkanes of at least 4 members (excludes halogenated alkanes) is 1. The van der Waals surface area contributed by atoms with E-state index in [9.17, 15) is 9.59 Å². The number of hydrogen-bond acceptors (Lipinski definition) is 4. The summed E-state index contributed by atoms with van der Waals surface area (Å²) in [5, 5.41) is 0.554. The van der Waals surface area contributed by atoms with E-state index in [4.69, 9.17) is 0 Å². The lowest BCUT2D eigenvalue weighted by molar-refractivity contribution is 0.591. The minimum atomic E-state index is -0.338. The molecule has 0 atom stereocenters. The van der Waals surface area contributed by atoms with Crippen molar-refractivity contribution >= 4 is 22.7 Å². The summed E-state index contributed by atoms with van der Waals surface area (Å²) in [5.74, 6) is 0.949. The Hall–Kier alpha value is -2.34. The molecule has 3 aromatic rings. The maximum atomic E-state index is 12.4. The number of aromatic nitrogens is 3. The molecule has 118 valence electrons. The van der Waals surface area contributed by atoms with Crippen molar-refractivity contribution in [1.29, 1.82) is 0 Å². The molecule has 0 bridgehead atoms. The van der Waals surface area contributed by atoms with Crippen molar-refractivity contribution in [2.75, 3.05) is 5.75 Å². The molecular formula is C17H17N3O2S. The van der Waals surface area contributed by atoms with Gasteiger partial charge in [0.15, 0.2) is 0 Å². The van der Waals surface area contributed by atoms with Crippen LogP contribution in [0.2, 0.25) is 0 Å². The molecule has 0 aliphatic heterocycles. The van der Waals surface area contributed by atoms with Gasteiger partial charge in [-0.05, 0) is 42.9 Å². The molecule has 2 heterocycles. The van der Waals surface area contributed by atoms with Gasteiger partial charge in [-0.25, -0.2) is 4.79 Å². The predicted octanol–water partition coefficient (Wildman–Crippen LogP) is 2.66. The van der Waals surface area contributed by atoms with Gasteiger partial charge in [-0.1, -0.05) is 12.1 Å². The minimum absolute atomic E-state index is 0.217. The van der Waals surface area contributed by atoms with Gasteiger partial charge in [-0.15, -0.1) is 11.8 Å². The van der Waals surface area contributed by atoms with Crippen LogP contribution in [0.1, 0.15) is 12.8 Å². The van der Waals surface area contributed by atoms with E-state index < -0.39 is 0 Å². The van der Waals surface area contributed by atoms with E-state index >= 15 is 0 Å². The number of hydrogen-bond donors (Lipinski definition) is 1. The van der Waals surface area contributed by atoms with Gasteiger partial charge in [0.05, 0.1) is 10.9 Å². The van der Waals surface area contributed by atoms with E-state index in [2.05, 4.69) is 9.97 Å². The van der Waals surface area contributed by atoms with Crippen LogP contribution in [0.15, 0.2) is 63.3 Å². The molecule has 0 radical (unpaired) electrons. The first kappa shape index (κ1) is 15.6. The van der Waals surface area contributed by atoms with Gasteiger partial charge >= 0.3 is 5.69 Å². The number of aromatic amines is 1. The Morgan fingerprint density at radius 1 is 1.04 bits per heavy atom. The molecular weight excluding hydrogens is 310 g/mol. The second-order valence-corrected chi connectivity index (χ2v) is 6.34. The van der Waals surface area contributed by atoms with Crippen molar-refractivity contribution < 1.29 is 0 Å². The van der Waals surface area contributed by atoms with Crippen LogP contribution in [0.4, 0.5) is 0 Å². The zero-order chi connectivity index (χ0) is 16.1. The van der Waals surface area contributed by atoms with Gasteiger partial charge < -0.3 is 4.98 Å². The maximum absolute atomic E-state index is 12.4. The molecule has 0 fully saturated rings. The summed E-state index contributed by atoms with van der Waals surface area (Å²) >= 11 is 1.75. The number of rotatable bonds is 6. The van der Waals surface area contributed by atoms with Gasteiger partial charge in [0.25, 0.3) is 5.56 Å². The Morgan fingerprint density at radius 2 is 1.83 bits per heavy atom. The highest BCUT2D eigenvalue weighted by atomic mass is 32.2. The molecule has 23 heavy (non-hydrogen) atoms. The zero-order valence-electron chi connectivity index (χ0n) is 12.6. The Balaban J connectivity index is 1.61. The molecule has 1 N–H and O–H groups in total. The van der Waals surface area contributed by atoms with Crippen LogP contribution in [-0.4, -0.2) is 20.3 Å². The van der Waals surface area contributed by atoms with Crippen LogP contribution < -0.4 is 11.2 Å². The van der Waals surface area contributed by atoms with Gasteiger partial charge in [0.1, 0.15) is 0 Å². The summed E-state index contributed by atoms with van der Waals surface area (Å²) in [5.41, 5.74) is 0.0358. The third-order valence-corrected chi connectivity index (χ3v) is 4.68. The zero-order valence-corrected chi connectivity index (χ0v) is 13.4. The van der Waals surface area contributed by atoms with E-state index in [-0.39, 0.29) is 11.2 Å². The molecule has 3 rings (SSSR count). The Bertz CT molecular complexity index is 903. The number of H-pyrrole nitrogens is 1. The second kappa shape index (κ2) is 7.28. The maximum Gasteiger partial charge on any atom is 0.328 e. The van der Waals surface area contributed by atoms with Crippen LogP contribution in [0.5, 0.6) is 0 Å². The van der Waals surface area contributed by atoms with Gasteiger partial charge in [-0.2, -0.15) is 0 Å². The highest BCUT2D eigenvalue weighted by Gasteiger charge is 2.06. The fraction of sp³-hybridized carbons (Fsp3) is 0.235. The van der Waals surface area contributed by atoms with Crippen molar-refractivity contribution in [3.63, 3.8) is 0 Å². The highest BCUT2D eigenvalue weighted by Crippen LogP contribution is 2.17. The lowest BCUT2D eigenvalue weighted by Gasteiger charge is -2.06. The third kappa shape index (κ3) is 3.71. The number of benzene rings is 1. The summed E-state index contributed by atoms with van der Waals surface area (Å²) in [6.07, 6.45) is 5.28. The smallest absolute Gasteiger partial charge is 0.307 e. The monoisotopic (exact) mass is 327 g/mol. The SMILES string of the molecule is O=c1[nH]c2ccccc2c(=O)n1CCCCSc1ccncc1. The molecule has 0 spiro atoms. The number of nitrogens with zero attached hydrogens (tertiary/aromatic N) is 2. The first-order valence-electron chi connectivity index (χ1n) is 7.50.